The Kier molecular flexibility index (Phi) is 13.9. The minimum atomic E-state index is -0.0242. The van der Waals surface area contributed by atoms with Gasteiger partial charge >= 0.3 is 0 Å². The third-order valence-electron chi connectivity index (χ3n) is 2.15. The molecule has 0 radical (unpaired) electrons. The molecule has 0 fully saturated rings. The van der Waals surface area contributed by atoms with Crippen LogP contribution in [-0.2, 0) is 4.74 Å². The molecule has 0 aromatic carbocycles. The quantitative estimate of drug-likeness (QED) is 0.605. The van der Waals surface area contributed by atoms with Gasteiger partial charge in [-0.05, 0) is 40.3 Å². The lowest BCUT2D eigenvalue weighted by molar-refractivity contribution is -0.0196. The molecular weight excluding hydrogens is 216 g/mol. The van der Waals surface area contributed by atoms with Gasteiger partial charge in [-0.15, -0.1) is 0 Å². The molecule has 0 atom stereocenters. The Balaban J connectivity index is 0. The van der Waals surface area contributed by atoms with Crippen molar-refractivity contribution in [1.82, 2.24) is 10.6 Å². The second kappa shape index (κ2) is 12.3. The molecule has 0 saturated carbocycles. The Morgan fingerprint density at radius 2 is 1.76 bits per heavy atom. The summed E-state index contributed by atoms with van der Waals surface area (Å²) < 4.78 is 5.72. The molecule has 0 aromatic heterocycles. The molecule has 0 rings (SSSR count). The van der Waals surface area contributed by atoms with E-state index in [0.29, 0.717) is 6.54 Å². The molecule has 0 aromatic rings. The molecule has 4 nitrogen and oxygen atoms in total. The average Bonchev–Trinajstić information content (AvgIpc) is 2.18. The van der Waals surface area contributed by atoms with E-state index >= 15 is 0 Å². The Hall–Kier alpha value is -0.160. The molecule has 0 heterocycles. The number of hydrogen-bond donors (Lipinski definition) is 3. The summed E-state index contributed by atoms with van der Waals surface area (Å²) in [7, 11) is 3.75. The fraction of sp³-hybridized carbons (Fsp3) is 1.00. The van der Waals surface area contributed by atoms with Crippen molar-refractivity contribution in [2.24, 2.45) is 5.92 Å². The first kappa shape index (κ1) is 19.2. The number of rotatable bonds is 8. The molecule has 0 aliphatic carbocycles. The van der Waals surface area contributed by atoms with Crippen molar-refractivity contribution in [3.05, 3.63) is 0 Å². The van der Waals surface area contributed by atoms with E-state index in [1.165, 1.54) is 0 Å². The summed E-state index contributed by atoms with van der Waals surface area (Å²) in [6.07, 6.45) is 1.15. The highest BCUT2D eigenvalue weighted by Gasteiger charge is 2.16. The van der Waals surface area contributed by atoms with Gasteiger partial charge in [0, 0.05) is 19.7 Å². The van der Waals surface area contributed by atoms with Gasteiger partial charge in [0.25, 0.3) is 0 Å². The maximum atomic E-state index is 8.00. The van der Waals surface area contributed by atoms with Crippen LogP contribution < -0.4 is 10.6 Å². The first-order valence-corrected chi connectivity index (χ1v) is 6.43. The first-order chi connectivity index (χ1) is 7.89. The number of aliphatic hydroxyl groups excluding tert-OH is 1. The van der Waals surface area contributed by atoms with Gasteiger partial charge in [0.1, 0.15) is 0 Å². The van der Waals surface area contributed by atoms with E-state index < -0.39 is 0 Å². The maximum Gasteiger partial charge on any atom is 0.0750 e. The predicted octanol–water partition coefficient (Wildman–Crippen LogP) is 1.25. The summed E-state index contributed by atoms with van der Waals surface area (Å²) in [4.78, 5) is 0. The van der Waals surface area contributed by atoms with Crippen molar-refractivity contribution >= 4 is 0 Å². The van der Waals surface area contributed by atoms with Crippen LogP contribution >= 0.6 is 0 Å². The third-order valence-corrected chi connectivity index (χ3v) is 2.15. The molecule has 0 saturated heterocycles. The van der Waals surface area contributed by atoms with Gasteiger partial charge in [-0.2, -0.15) is 0 Å². The SMILES string of the molecule is CNCC(C)(C)OCCC(C)C.CNCCO. The fourth-order valence-corrected chi connectivity index (χ4v) is 1.16. The van der Waals surface area contributed by atoms with Gasteiger partial charge in [0.2, 0.25) is 0 Å². The van der Waals surface area contributed by atoms with E-state index in [-0.39, 0.29) is 12.2 Å². The minimum Gasteiger partial charge on any atom is -0.395 e. The molecule has 0 unspecified atom stereocenters. The lowest BCUT2D eigenvalue weighted by Gasteiger charge is -2.25. The van der Waals surface area contributed by atoms with Crippen LogP contribution in [0.25, 0.3) is 0 Å². The van der Waals surface area contributed by atoms with E-state index in [1.54, 1.807) is 7.05 Å². The second-order valence-corrected chi connectivity index (χ2v) is 5.15. The Morgan fingerprint density at radius 1 is 1.18 bits per heavy atom. The molecule has 0 aliphatic rings. The molecular formula is C13H32N2O2. The van der Waals surface area contributed by atoms with Crippen LogP contribution in [0, 0.1) is 5.92 Å². The molecule has 3 N–H and O–H groups in total. The maximum absolute atomic E-state index is 8.00. The normalized spacial score (nSPS) is 11.3. The zero-order chi connectivity index (χ0) is 13.7. The standard InChI is InChI=1S/C10H23NO.C3H9NO/c1-9(2)6-7-12-10(3,4)8-11-5;1-4-2-3-5/h9,11H,6-8H2,1-5H3;4-5H,2-3H2,1H3. The Morgan fingerprint density at radius 3 is 2.06 bits per heavy atom. The summed E-state index contributed by atoms with van der Waals surface area (Å²) >= 11 is 0. The van der Waals surface area contributed by atoms with Crippen molar-refractivity contribution in [3.63, 3.8) is 0 Å². The number of ether oxygens (including phenoxy) is 1. The van der Waals surface area contributed by atoms with E-state index in [2.05, 4.69) is 38.3 Å². The molecule has 0 spiro atoms. The van der Waals surface area contributed by atoms with Crippen LogP contribution in [0.4, 0.5) is 0 Å². The Bertz CT molecular complexity index is 148. The predicted molar refractivity (Wildman–Crippen MR) is 74.4 cm³/mol. The van der Waals surface area contributed by atoms with Crippen LogP contribution in [0.5, 0.6) is 0 Å². The molecule has 17 heavy (non-hydrogen) atoms. The number of hydrogen-bond acceptors (Lipinski definition) is 4. The van der Waals surface area contributed by atoms with Gasteiger partial charge in [0.05, 0.1) is 12.2 Å². The summed E-state index contributed by atoms with van der Waals surface area (Å²) in [5.41, 5.74) is -0.0242. The summed E-state index contributed by atoms with van der Waals surface area (Å²) in [5, 5.41) is 13.9. The highest BCUT2D eigenvalue weighted by molar-refractivity contribution is 4.70. The van der Waals surface area contributed by atoms with E-state index in [0.717, 1.165) is 25.5 Å². The molecule has 4 heteroatoms. The molecule has 0 bridgehead atoms. The van der Waals surface area contributed by atoms with Crippen LogP contribution in [-0.4, -0.2) is 51.1 Å². The lowest BCUT2D eigenvalue weighted by atomic mass is 10.1. The molecule has 0 aliphatic heterocycles. The van der Waals surface area contributed by atoms with Crippen molar-refractivity contribution in [3.8, 4) is 0 Å². The number of nitrogens with one attached hydrogen (secondary N) is 2. The third kappa shape index (κ3) is 18.4. The van der Waals surface area contributed by atoms with Crippen molar-refractivity contribution in [2.45, 2.75) is 39.7 Å². The summed E-state index contributed by atoms with van der Waals surface area (Å²) in [6, 6.07) is 0. The van der Waals surface area contributed by atoms with Gasteiger partial charge < -0.3 is 20.5 Å². The van der Waals surface area contributed by atoms with Crippen LogP contribution in [0.3, 0.4) is 0 Å². The van der Waals surface area contributed by atoms with Gasteiger partial charge in [0.15, 0.2) is 0 Å². The van der Waals surface area contributed by atoms with Crippen molar-refractivity contribution < 1.29 is 9.84 Å². The highest BCUT2D eigenvalue weighted by Crippen LogP contribution is 2.09. The van der Waals surface area contributed by atoms with Crippen molar-refractivity contribution in [1.29, 1.82) is 0 Å². The largest absolute Gasteiger partial charge is 0.395 e. The number of likely N-dealkylation sites (N-methyl/N-ethyl adjacent to an activating group) is 2. The fourth-order valence-electron chi connectivity index (χ4n) is 1.16. The summed E-state index contributed by atoms with van der Waals surface area (Å²) in [5.74, 6) is 0.732. The average molecular weight is 248 g/mol. The monoisotopic (exact) mass is 248 g/mol. The van der Waals surface area contributed by atoms with Gasteiger partial charge in [-0.25, -0.2) is 0 Å². The van der Waals surface area contributed by atoms with Crippen LogP contribution in [0.15, 0.2) is 0 Å². The first-order valence-electron chi connectivity index (χ1n) is 6.43. The summed E-state index contributed by atoms with van der Waals surface area (Å²) in [6.45, 7) is 11.4. The smallest absolute Gasteiger partial charge is 0.0750 e. The van der Waals surface area contributed by atoms with E-state index in [4.69, 9.17) is 9.84 Å². The van der Waals surface area contributed by atoms with E-state index in [1.807, 2.05) is 7.05 Å². The van der Waals surface area contributed by atoms with Crippen LogP contribution in [0.1, 0.15) is 34.1 Å². The zero-order valence-electron chi connectivity index (χ0n) is 12.5. The zero-order valence-corrected chi connectivity index (χ0v) is 12.5. The molecule has 106 valence electrons. The highest BCUT2D eigenvalue weighted by atomic mass is 16.5. The van der Waals surface area contributed by atoms with Crippen LogP contribution in [0.2, 0.25) is 0 Å². The van der Waals surface area contributed by atoms with Gasteiger partial charge in [-0.1, -0.05) is 13.8 Å². The van der Waals surface area contributed by atoms with Crippen molar-refractivity contribution in [2.75, 3.05) is 40.4 Å². The van der Waals surface area contributed by atoms with Gasteiger partial charge in [-0.3, -0.25) is 0 Å². The Labute approximate surface area is 107 Å². The minimum absolute atomic E-state index is 0.0242. The topological polar surface area (TPSA) is 53.5 Å². The second-order valence-electron chi connectivity index (χ2n) is 5.15. The molecule has 0 amide bonds. The lowest BCUT2D eigenvalue weighted by Crippen LogP contribution is -2.36. The van der Waals surface area contributed by atoms with E-state index in [9.17, 15) is 0 Å². The number of aliphatic hydroxyl groups is 1.